The van der Waals surface area contributed by atoms with Gasteiger partial charge in [-0.05, 0) is 31.9 Å². The number of nitrogens with two attached hydrogens (primary N) is 1. The molecule has 1 unspecified atom stereocenters. The van der Waals surface area contributed by atoms with Gasteiger partial charge in [0.1, 0.15) is 11.4 Å². The maximum Gasteiger partial charge on any atom is 0.332 e. The summed E-state index contributed by atoms with van der Waals surface area (Å²) >= 11 is 0. The van der Waals surface area contributed by atoms with Crippen molar-refractivity contribution in [2.45, 2.75) is 45.3 Å². The fourth-order valence-corrected chi connectivity index (χ4v) is 4.71. The van der Waals surface area contributed by atoms with E-state index in [2.05, 4.69) is 16.7 Å². The van der Waals surface area contributed by atoms with Crippen LogP contribution < -0.4 is 26.6 Å². The fraction of sp³-hybridized carbons (Fsp3) is 0.440. The largest absolute Gasteiger partial charge is 0.491 e. The molecule has 4 heterocycles. The van der Waals surface area contributed by atoms with Gasteiger partial charge in [-0.25, -0.2) is 4.79 Å². The lowest BCUT2D eigenvalue weighted by Gasteiger charge is -2.31. The maximum absolute atomic E-state index is 13.8. The van der Waals surface area contributed by atoms with Crippen LogP contribution in [0.25, 0.3) is 11.2 Å². The van der Waals surface area contributed by atoms with Crippen molar-refractivity contribution in [3.05, 3.63) is 45.1 Å². The molecule has 0 bridgehead atoms. The summed E-state index contributed by atoms with van der Waals surface area (Å²) < 4.78 is 10.3. The first kappa shape index (κ1) is 22.9. The lowest BCUT2D eigenvalue weighted by molar-refractivity contribution is 0.332. The average molecular weight is 476 g/mol. The summed E-state index contributed by atoms with van der Waals surface area (Å²) in [4.78, 5) is 38.6. The van der Waals surface area contributed by atoms with Crippen LogP contribution in [0.1, 0.15) is 26.2 Å². The highest BCUT2D eigenvalue weighted by Gasteiger charge is 2.26. The van der Waals surface area contributed by atoms with E-state index in [9.17, 15) is 9.59 Å². The van der Waals surface area contributed by atoms with E-state index in [1.54, 1.807) is 14.0 Å². The topological polar surface area (TPSA) is 113 Å². The summed E-state index contributed by atoms with van der Waals surface area (Å²) in [6.45, 7) is 3.98. The van der Waals surface area contributed by atoms with Gasteiger partial charge in [-0.1, -0.05) is 18.1 Å². The summed E-state index contributed by atoms with van der Waals surface area (Å²) in [5, 5.41) is 0. The quantitative estimate of drug-likeness (QED) is 0.571. The number of para-hydroxylation sites is 2. The number of imidazole rings is 1. The van der Waals surface area contributed by atoms with Crippen molar-refractivity contribution in [1.82, 2.24) is 18.7 Å². The van der Waals surface area contributed by atoms with Crippen molar-refractivity contribution >= 4 is 28.5 Å². The van der Waals surface area contributed by atoms with E-state index in [1.165, 1.54) is 9.13 Å². The van der Waals surface area contributed by atoms with Crippen LogP contribution in [0.2, 0.25) is 0 Å². The number of nitrogens with zero attached hydrogens (tertiary/aromatic N) is 6. The second kappa shape index (κ2) is 9.43. The number of hydrogen-bond donors (Lipinski definition) is 1. The van der Waals surface area contributed by atoms with Crippen LogP contribution in [0.15, 0.2) is 38.8 Å². The van der Waals surface area contributed by atoms with Crippen LogP contribution in [0.3, 0.4) is 0 Å². The zero-order valence-electron chi connectivity index (χ0n) is 20.0. The van der Waals surface area contributed by atoms with Gasteiger partial charge in [0.05, 0.1) is 19.7 Å². The van der Waals surface area contributed by atoms with E-state index in [4.69, 9.17) is 20.4 Å². The third-order valence-corrected chi connectivity index (χ3v) is 6.50. The lowest BCUT2D eigenvalue weighted by atomic mass is 10.1. The number of hydrogen-bond acceptors (Lipinski definition) is 7. The van der Waals surface area contributed by atoms with E-state index in [1.807, 2.05) is 28.8 Å². The van der Waals surface area contributed by atoms with E-state index < -0.39 is 11.2 Å². The number of anilines is 1. The second-order valence-electron chi connectivity index (χ2n) is 8.92. The van der Waals surface area contributed by atoms with E-state index in [0.29, 0.717) is 60.4 Å². The highest BCUT2D eigenvalue weighted by molar-refractivity contribution is 5.88. The van der Waals surface area contributed by atoms with Crippen molar-refractivity contribution < 1.29 is 4.74 Å². The summed E-state index contributed by atoms with van der Waals surface area (Å²) in [6, 6.07) is 7.53. The van der Waals surface area contributed by atoms with Gasteiger partial charge in [0.2, 0.25) is 5.95 Å². The molecular formula is C25H29N7O3. The molecule has 0 saturated carbocycles. The molecule has 0 aliphatic carbocycles. The Labute approximate surface area is 202 Å². The van der Waals surface area contributed by atoms with E-state index in [0.717, 1.165) is 19.4 Å². The van der Waals surface area contributed by atoms with Crippen LogP contribution in [0.4, 0.5) is 11.6 Å². The Morgan fingerprint density at radius 1 is 1.23 bits per heavy atom. The normalized spacial score (nSPS) is 17.7. The highest BCUT2D eigenvalue weighted by atomic mass is 16.5. The standard InChI is InChI=1S/C25H29N7O3/c1-3-4-13-31-21-22(28-24(31)30-12-7-8-17(26)15-30)29(2)25(34)32(23(21)33)16-18-11-14-35-20-10-6-5-9-19(20)27-18/h5-6,9-10,17H,7-8,11-16,26H2,1-2H3. The zero-order chi connectivity index (χ0) is 24.5. The number of benzene rings is 1. The number of aliphatic imine (C=N–C) groups is 1. The SMILES string of the molecule is CC#CCn1c(N2CCCC(N)C2)nc2c1c(=O)n(CC1=Nc3ccccc3OCC1)c(=O)n2C. The predicted molar refractivity (Wildman–Crippen MR) is 136 cm³/mol. The monoisotopic (exact) mass is 475 g/mol. The summed E-state index contributed by atoms with van der Waals surface area (Å²) in [6.07, 6.45) is 2.40. The molecule has 3 aromatic rings. The first-order chi connectivity index (χ1) is 17.0. The lowest BCUT2D eigenvalue weighted by Crippen LogP contribution is -2.44. The van der Waals surface area contributed by atoms with Gasteiger partial charge in [0.15, 0.2) is 11.2 Å². The Hall–Kier alpha value is -3.84. The van der Waals surface area contributed by atoms with Crippen LogP contribution in [-0.4, -0.2) is 50.1 Å². The number of fused-ring (bicyclic) bond motifs is 2. The van der Waals surface area contributed by atoms with Crippen molar-refractivity contribution in [3.63, 3.8) is 0 Å². The molecular weight excluding hydrogens is 446 g/mol. The third kappa shape index (κ3) is 4.23. The molecule has 1 fully saturated rings. The van der Waals surface area contributed by atoms with Crippen LogP contribution in [0, 0.1) is 11.8 Å². The summed E-state index contributed by atoms with van der Waals surface area (Å²) in [7, 11) is 1.64. The second-order valence-corrected chi connectivity index (χ2v) is 8.92. The minimum absolute atomic E-state index is 0.0353. The number of aromatic nitrogens is 4. The molecule has 2 N–H and O–H groups in total. The minimum atomic E-state index is -0.434. The van der Waals surface area contributed by atoms with Crippen LogP contribution in [-0.2, 0) is 20.1 Å². The third-order valence-electron chi connectivity index (χ3n) is 6.50. The molecule has 1 atom stereocenters. The van der Waals surface area contributed by atoms with Crippen molar-refractivity contribution in [2.24, 2.45) is 17.8 Å². The van der Waals surface area contributed by atoms with E-state index in [-0.39, 0.29) is 12.6 Å². The van der Waals surface area contributed by atoms with Gasteiger partial charge in [-0.15, -0.1) is 5.92 Å². The van der Waals surface area contributed by atoms with Gasteiger partial charge in [-0.2, -0.15) is 4.98 Å². The summed E-state index contributed by atoms with van der Waals surface area (Å²) in [5.41, 5.74) is 7.48. The first-order valence-electron chi connectivity index (χ1n) is 11.9. The number of piperidine rings is 1. The molecule has 2 aliphatic rings. The molecule has 182 valence electrons. The molecule has 0 amide bonds. The molecule has 10 nitrogen and oxygen atoms in total. The molecule has 2 aromatic heterocycles. The van der Waals surface area contributed by atoms with Gasteiger partial charge >= 0.3 is 5.69 Å². The zero-order valence-corrected chi connectivity index (χ0v) is 20.0. The van der Waals surface area contributed by atoms with Gasteiger partial charge in [0, 0.05) is 38.3 Å². The molecule has 35 heavy (non-hydrogen) atoms. The van der Waals surface area contributed by atoms with Crippen LogP contribution in [0.5, 0.6) is 5.75 Å². The first-order valence-corrected chi connectivity index (χ1v) is 11.9. The van der Waals surface area contributed by atoms with Gasteiger partial charge in [0.25, 0.3) is 5.56 Å². The fourth-order valence-electron chi connectivity index (χ4n) is 4.71. The Morgan fingerprint density at radius 2 is 2.06 bits per heavy atom. The van der Waals surface area contributed by atoms with Gasteiger partial charge in [-0.3, -0.25) is 23.5 Å². The average Bonchev–Trinajstić information content (AvgIpc) is 3.12. The predicted octanol–water partition coefficient (Wildman–Crippen LogP) is 1.40. The summed E-state index contributed by atoms with van der Waals surface area (Å²) in [5.74, 6) is 7.27. The Morgan fingerprint density at radius 3 is 2.86 bits per heavy atom. The molecule has 0 radical (unpaired) electrons. The molecule has 1 saturated heterocycles. The molecule has 1 aromatic carbocycles. The van der Waals surface area contributed by atoms with E-state index >= 15 is 0 Å². The smallest absolute Gasteiger partial charge is 0.332 e. The number of ether oxygens (including phenoxy) is 1. The van der Waals surface area contributed by atoms with Crippen molar-refractivity contribution in [2.75, 3.05) is 24.6 Å². The highest BCUT2D eigenvalue weighted by Crippen LogP contribution is 2.29. The van der Waals surface area contributed by atoms with Crippen molar-refractivity contribution in [3.8, 4) is 17.6 Å². The minimum Gasteiger partial charge on any atom is -0.491 e. The molecule has 2 aliphatic heterocycles. The Bertz CT molecular complexity index is 1480. The molecule has 0 spiro atoms. The number of rotatable bonds is 4. The maximum atomic E-state index is 13.8. The van der Waals surface area contributed by atoms with Gasteiger partial charge < -0.3 is 15.4 Å². The Kier molecular flexibility index (Phi) is 6.17. The molecule has 5 rings (SSSR count). The molecule has 10 heteroatoms. The number of aryl methyl sites for hydroxylation is 1. The van der Waals surface area contributed by atoms with Crippen molar-refractivity contribution in [1.29, 1.82) is 0 Å². The van der Waals surface area contributed by atoms with Crippen LogP contribution >= 0.6 is 0 Å². The Balaban J connectivity index is 1.64.